The minimum Gasteiger partial charge on any atom is -0.497 e. The van der Waals surface area contributed by atoms with Gasteiger partial charge >= 0.3 is 0 Å². The van der Waals surface area contributed by atoms with Crippen LogP contribution >= 0.6 is 0 Å². The summed E-state index contributed by atoms with van der Waals surface area (Å²) >= 11 is 0. The molecule has 0 aliphatic carbocycles. The fourth-order valence-electron chi connectivity index (χ4n) is 3.47. The predicted octanol–water partition coefficient (Wildman–Crippen LogP) is 2.29. The molecular weight excluding hydrogens is 318 g/mol. The van der Waals surface area contributed by atoms with Crippen molar-refractivity contribution in [2.24, 2.45) is 0 Å². The number of β-amino-alcohol motifs (C(OH)–C–C–N with tert-alkyl or cyclic N) is 1. The van der Waals surface area contributed by atoms with Crippen LogP contribution in [0.4, 0.5) is 0 Å². The number of carbonyl (C=O) groups excluding carboxylic acids is 1. The van der Waals surface area contributed by atoms with E-state index in [0.717, 1.165) is 17.0 Å². The fourth-order valence-corrected chi connectivity index (χ4v) is 3.47. The lowest BCUT2D eigenvalue weighted by Crippen LogP contribution is -2.33. The molecule has 1 saturated heterocycles. The number of hydrogen-bond donors (Lipinski definition) is 1. The molecule has 1 aliphatic heterocycles. The maximum atomic E-state index is 13.2. The van der Waals surface area contributed by atoms with E-state index in [-0.39, 0.29) is 11.9 Å². The number of imidazole rings is 1. The second kappa shape index (κ2) is 6.22. The van der Waals surface area contributed by atoms with Crippen LogP contribution in [-0.4, -0.2) is 45.1 Å². The van der Waals surface area contributed by atoms with Crippen LogP contribution in [-0.2, 0) is 0 Å². The summed E-state index contributed by atoms with van der Waals surface area (Å²) in [5.41, 5.74) is 2.22. The number of aliphatic hydroxyl groups excluding tert-OH is 1. The number of amides is 1. The van der Waals surface area contributed by atoms with Crippen molar-refractivity contribution in [3.05, 3.63) is 66.1 Å². The number of benzene rings is 1. The topological polar surface area (TPSA) is 67.1 Å². The summed E-state index contributed by atoms with van der Waals surface area (Å²) in [5.74, 6) is 0.621. The standard InChI is InChI=1S/C19H19N3O3/c1-25-15-5-2-4-13(10-15)17-11-14(23)12-22(17)19(24)16-6-3-7-18-20-8-9-21(16)18/h2-10,14,17,23H,11-12H2,1H3/t14-,17-/m0/s1. The lowest BCUT2D eigenvalue weighted by molar-refractivity contribution is 0.0708. The molecule has 6 heteroatoms. The zero-order valence-corrected chi connectivity index (χ0v) is 13.9. The Hall–Kier alpha value is -2.86. The summed E-state index contributed by atoms with van der Waals surface area (Å²) in [6.45, 7) is 0.311. The Morgan fingerprint density at radius 2 is 2.12 bits per heavy atom. The number of aromatic nitrogens is 2. The van der Waals surface area contributed by atoms with Gasteiger partial charge in [0.2, 0.25) is 0 Å². The minimum atomic E-state index is -0.540. The quantitative estimate of drug-likeness (QED) is 0.796. The molecule has 0 spiro atoms. The Morgan fingerprint density at radius 3 is 2.96 bits per heavy atom. The molecule has 6 nitrogen and oxygen atoms in total. The fraction of sp³-hybridized carbons (Fsp3) is 0.263. The van der Waals surface area contributed by atoms with Crippen LogP contribution < -0.4 is 4.74 Å². The summed E-state index contributed by atoms with van der Waals surface area (Å²) in [7, 11) is 1.62. The van der Waals surface area contributed by atoms with E-state index in [1.165, 1.54) is 0 Å². The molecule has 3 heterocycles. The molecule has 0 unspecified atom stereocenters. The maximum absolute atomic E-state index is 13.2. The first kappa shape index (κ1) is 15.7. The molecule has 0 radical (unpaired) electrons. The van der Waals surface area contributed by atoms with Gasteiger partial charge in [-0.2, -0.15) is 0 Å². The van der Waals surface area contributed by atoms with E-state index in [1.54, 1.807) is 34.9 Å². The molecule has 1 fully saturated rings. The van der Waals surface area contributed by atoms with Crippen molar-refractivity contribution in [3.63, 3.8) is 0 Å². The monoisotopic (exact) mass is 337 g/mol. The van der Waals surface area contributed by atoms with Gasteiger partial charge in [-0.25, -0.2) is 4.98 Å². The van der Waals surface area contributed by atoms with Crippen LogP contribution in [0.15, 0.2) is 54.9 Å². The van der Waals surface area contributed by atoms with Crippen molar-refractivity contribution in [2.45, 2.75) is 18.6 Å². The second-order valence-corrected chi connectivity index (χ2v) is 6.21. The van der Waals surface area contributed by atoms with Crippen molar-refractivity contribution in [1.82, 2.24) is 14.3 Å². The Balaban J connectivity index is 1.72. The van der Waals surface area contributed by atoms with Gasteiger partial charge in [0.05, 0.1) is 19.3 Å². The molecule has 1 amide bonds. The summed E-state index contributed by atoms with van der Waals surface area (Å²) in [6.07, 6.45) is 3.42. The van der Waals surface area contributed by atoms with E-state index < -0.39 is 6.10 Å². The number of likely N-dealkylation sites (tertiary alicyclic amines) is 1. The summed E-state index contributed by atoms with van der Waals surface area (Å²) in [5, 5.41) is 10.2. The van der Waals surface area contributed by atoms with Crippen molar-refractivity contribution >= 4 is 11.6 Å². The van der Waals surface area contributed by atoms with Crippen molar-refractivity contribution < 1.29 is 14.6 Å². The molecule has 0 saturated carbocycles. The molecule has 4 rings (SSSR count). The highest BCUT2D eigenvalue weighted by molar-refractivity contribution is 5.93. The van der Waals surface area contributed by atoms with Crippen LogP contribution in [0.3, 0.4) is 0 Å². The largest absolute Gasteiger partial charge is 0.497 e. The third-order valence-electron chi connectivity index (χ3n) is 4.67. The van der Waals surface area contributed by atoms with Crippen molar-refractivity contribution in [2.75, 3.05) is 13.7 Å². The van der Waals surface area contributed by atoms with E-state index >= 15 is 0 Å². The smallest absolute Gasteiger partial charge is 0.271 e. The zero-order chi connectivity index (χ0) is 17.4. The molecule has 1 aliphatic rings. The third kappa shape index (κ3) is 2.74. The van der Waals surface area contributed by atoms with Crippen LogP contribution in [0.5, 0.6) is 5.75 Å². The van der Waals surface area contributed by atoms with Gasteiger partial charge in [0.15, 0.2) is 0 Å². The number of ether oxygens (including phenoxy) is 1. The number of aliphatic hydroxyl groups is 1. The van der Waals surface area contributed by atoms with Crippen LogP contribution in [0.1, 0.15) is 28.5 Å². The van der Waals surface area contributed by atoms with Gasteiger partial charge in [0.1, 0.15) is 17.1 Å². The van der Waals surface area contributed by atoms with Gasteiger partial charge < -0.3 is 14.7 Å². The highest BCUT2D eigenvalue weighted by atomic mass is 16.5. The van der Waals surface area contributed by atoms with Gasteiger partial charge in [0.25, 0.3) is 5.91 Å². The second-order valence-electron chi connectivity index (χ2n) is 6.21. The van der Waals surface area contributed by atoms with Crippen LogP contribution in [0, 0.1) is 0 Å². The van der Waals surface area contributed by atoms with Gasteiger partial charge in [-0.05, 0) is 36.2 Å². The average molecular weight is 337 g/mol. The maximum Gasteiger partial charge on any atom is 0.271 e. The van der Waals surface area contributed by atoms with Crippen LogP contribution in [0.2, 0.25) is 0 Å². The molecule has 0 bridgehead atoms. The normalized spacial score (nSPS) is 20.2. The Morgan fingerprint density at radius 1 is 1.28 bits per heavy atom. The number of methoxy groups -OCH3 is 1. The lowest BCUT2D eigenvalue weighted by atomic mass is 10.0. The summed E-state index contributed by atoms with van der Waals surface area (Å²) in [6, 6.07) is 12.9. The summed E-state index contributed by atoms with van der Waals surface area (Å²) in [4.78, 5) is 19.1. The van der Waals surface area contributed by atoms with Gasteiger partial charge in [-0.1, -0.05) is 18.2 Å². The van der Waals surface area contributed by atoms with Gasteiger partial charge in [-0.3, -0.25) is 9.20 Å². The van der Waals surface area contributed by atoms with Gasteiger partial charge in [0, 0.05) is 18.9 Å². The minimum absolute atomic E-state index is 0.118. The first-order chi connectivity index (χ1) is 12.2. The lowest BCUT2D eigenvalue weighted by Gasteiger charge is -2.25. The van der Waals surface area contributed by atoms with Crippen molar-refractivity contribution in [3.8, 4) is 5.75 Å². The van der Waals surface area contributed by atoms with Crippen molar-refractivity contribution in [1.29, 1.82) is 0 Å². The average Bonchev–Trinajstić information content (AvgIpc) is 3.27. The first-order valence-corrected chi connectivity index (χ1v) is 8.22. The molecule has 128 valence electrons. The SMILES string of the molecule is COc1cccc([C@@H]2C[C@H](O)CN2C(=O)c2cccc3nccn23)c1. The number of rotatable bonds is 3. The molecular formula is C19H19N3O3. The number of pyridine rings is 1. The number of fused-ring (bicyclic) bond motifs is 1. The molecule has 25 heavy (non-hydrogen) atoms. The first-order valence-electron chi connectivity index (χ1n) is 8.22. The molecule has 3 aromatic rings. The Kier molecular flexibility index (Phi) is 3.89. The van der Waals surface area contributed by atoms with E-state index in [4.69, 9.17) is 4.74 Å². The van der Waals surface area contributed by atoms with E-state index in [9.17, 15) is 9.90 Å². The number of hydrogen-bond acceptors (Lipinski definition) is 4. The van der Waals surface area contributed by atoms with E-state index in [1.807, 2.05) is 36.4 Å². The zero-order valence-electron chi connectivity index (χ0n) is 13.9. The Bertz CT molecular complexity index is 921. The number of nitrogens with zero attached hydrogens (tertiary/aromatic N) is 3. The van der Waals surface area contributed by atoms with Crippen LogP contribution in [0.25, 0.3) is 5.65 Å². The summed E-state index contributed by atoms with van der Waals surface area (Å²) < 4.78 is 7.06. The van der Waals surface area contributed by atoms with E-state index in [0.29, 0.717) is 18.7 Å². The molecule has 1 aromatic carbocycles. The highest BCUT2D eigenvalue weighted by Crippen LogP contribution is 2.34. The third-order valence-corrected chi connectivity index (χ3v) is 4.67. The molecule has 2 atom stereocenters. The van der Waals surface area contributed by atoms with Gasteiger partial charge in [-0.15, -0.1) is 0 Å². The van der Waals surface area contributed by atoms with E-state index in [2.05, 4.69) is 4.98 Å². The predicted molar refractivity (Wildman–Crippen MR) is 92.6 cm³/mol. The highest BCUT2D eigenvalue weighted by Gasteiger charge is 2.36. The molecule has 2 aromatic heterocycles. The Labute approximate surface area is 145 Å². The number of carbonyl (C=O) groups is 1. The molecule has 1 N–H and O–H groups in total.